The van der Waals surface area contributed by atoms with Gasteiger partial charge in [0.1, 0.15) is 17.2 Å². The topological polar surface area (TPSA) is 29.5 Å². The number of alkyl halides is 1. The Bertz CT molecular complexity index is 930. The molecule has 5 rings (SSSR count). The number of halogens is 2. The van der Waals surface area contributed by atoms with Crippen LogP contribution >= 0.6 is 0 Å². The van der Waals surface area contributed by atoms with Crippen LogP contribution in [0.4, 0.5) is 8.78 Å². The normalized spacial score (nSPS) is 21.1. The van der Waals surface area contributed by atoms with Crippen LogP contribution in [-0.4, -0.2) is 24.5 Å². The lowest BCUT2D eigenvalue weighted by Crippen LogP contribution is -2.43. The van der Waals surface area contributed by atoms with E-state index in [4.69, 9.17) is 4.74 Å². The Morgan fingerprint density at radius 1 is 1.07 bits per heavy atom. The summed E-state index contributed by atoms with van der Waals surface area (Å²) in [5.74, 6) is 0.109. The zero-order chi connectivity index (χ0) is 18.8. The molecule has 0 radical (unpaired) electrons. The standard InChI is InChI=1S/C22H21F2NO2/c1-27-15-4-2-14(3-5-15)12-25-13-21(8-9-21)18-16(20(25)26)6-7-17(19(18)23)22(24)10-11-22/h2-7H,8-13H2,1H3. The Morgan fingerprint density at radius 2 is 1.78 bits per heavy atom. The minimum Gasteiger partial charge on any atom is -0.497 e. The van der Waals surface area contributed by atoms with Crippen LogP contribution in [0.5, 0.6) is 5.75 Å². The predicted molar refractivity (Wildman–Crippen MR) is 97.1 cm³/mol. The quantitative estimate of drug-likeness (QED) is 0.795. The minimum absolute atomic E-state index is 0.143. The summed E-state index contributed by atoms with van der Waals surface area (Å²) < 4.78 is 34.9. The molecule has 2 aromatic carbocycles. The van der Waals surface area contributed by atoms with E-state index in [2.05, 4.69) is 0 Å². The Kier molecular flexibility index (Phi) is 3.43. The van der Waals surface area contributed by atoms with E-state index in [0.717, 1.165) is 24.2 Å². The molecule has 1 heterocycles. The van der Waals surface area contributed by atoms with E-state index in [1.807, 2.05) is 24.3 Å². The molecule has 140 valence electrons. The molecule has 2 aliphatic carbocycles. The summed E-state index contributed by atoms with van der Waals surface area (Å²) >= 11 is 0. The maximum Gasteiger partial charge on any atom is 0.254 e. The molecule has 3 nitrogen and oxygen atoms in total. The van der Waals surface area contributed by atoms with E-state index < -0.39 is 11.5 Å². The van der Waals surface area contributed by atoms with E-state index >= 15 is 4.39 Å². The fourth-order valence-electron chi connectivity index (χ4n) is 4.32. The summed E-state index contributed by atoms with van der Waals surface area (Å²) in [6, 6.07) is 10.7. The maximum absolute atomic E-state index is 15.2. The molecule has 0 unspecified atom stereocenters. The highest BCUT2D eigenvalue weighted by Gasteiger charge is 2.55. The van der Waals surface area contributed by atoms with Crippen molar-refractivity contribution in [2.24, 2.45) is 0 Å². The van der Waals surface area contributed by atoms with Gasteiger partial charge in [0.25, 0.3) is 5.91 Å². The fourth-order valence-corrected chi connectivity index (χ4v) is 4.32. The molecule has 2 saturated carbocycles. The average Bonchev–Trinajstić information content (AvgIpc) is 3.59. The fraction of sp³-hybridized carbons (Fsp3) is 0.409. The van der Waals surface area contributed by atoms with Gasteiger partial charge in [0.05, 0.1) is 7.11 Å². The van der Waals surface area contributed by atoms with Crippen LogP contribution in [0, 0.1) is 5.82 Å². The molecule has 27 heavy (non-hydrogen) atoms. The lowest BCUT2D eigenvalue weighted by atomic mass is 9.83. The molecule has 0 bridgehead atoms. The average molecular weight is 369 g/mol. The first-order valence-electron chi connectivity index (χ1n) is 9.40. The molecule has 1 amide bonds. The smallest absolute Gasteiger partial charge is 0.254 e. The van der Waals surface area contributed by atoms with Crippen LogP contribution < -0.4 is 4.74 Å². The van der Waals surface area contributed by atoms with Crippen molar-refractivity contribution in [2.75, 3.05) is 13.7 Å². The van der Waals surface area contributed by atoms with Crippen molar-refractivity contribution in [3.63, 3.8) is 0 Å². The zero-order valence-electron chi connectivity index (χ0n) is 15.2. The van der Waals surface area contributed by atoms with Crippen LogP contribution in [-0.2, 0) is 17.6 Å². The Balaban J connectivity index is 1.49. The monoisotopic (exact) mass is 369 g/mol. The van der Waals surface area contributed by atoms with Crippen molar-refractivity contribution in [3.05, 3.63) is 64.5 Å². The van der Waals surface area contributed by atoms with Gasteiger partial charge in [-0.3, -0.25) is 4.79 Å². The lowest BCUT2D eigenvalue weighted by molar-refractivity contribution is 0.0695. The van der Waals surface area contributed by atoms with Gasteiger partial charge in [0.15, 0.2) is 0 Å². The molecule has 3 aliphatic rings. The third-order valence-corrected chi connectivity index (χ3v) is 6.24. The molecule has 0 atom stereocenters. The van der Waals surface area contributed by atoms with Gasteiger partial charge in [0, 0.05) is 35.2 Å². The number of methoxy groups -OCH3 is 1. The highest BCUT2D eigenvalue weighted by molar-refractivity contribution is 5.98. The van der Waals surface area contributed by atoms with Crippen molar-refractivity contribution >= 4 is 5.91 Å². The number of nitrogens with zero attached hydrogens (tertiary/aromatic N) is 1. The molecule has 0 N–H and O–H groups in total. The predicted octanol–water partition coefficient (Wildman–Crippen LogP) is 4.48. The molecule has 5 heteroatoms. The second-order valence-corrected chi connectivity index (χ2v) is 8.10. The first-order valence-corrected chi connectivity index (χ1v) is 9.40. The lowest BCUT2D eigenvalue weighted by Gasteiger charge is -2.35. The van der Waals surface area contributed by atoms with Crippen molar-refractivity contribution < 1.29 is 18.3 Å². The van der Waals surface area contributed by atoms with E-state index in [-0.39, 0.29) is 16.9 Å². The van der Waals surface area contributed by atoms with Crippen LogP contribution in [0.25, 0.3) is 0 Å². The zero-order valence-corrected chi connectivity index (χ0v) is 15.2. The summed E-state index contributed by atoms with van der Waals surface area (Å²) in [6.45, 7) is 0.963. The summed E-state index contributed by atoms with van der Waals surface area (Å²) in [6.07, 6.45) is 2.42. The van der Waals surface area contributed by atoms with Crippen molar-refractivity contribution in [3.8, 4) is 5.75 Å². The number of fused-ring (bicyclic) bond motifs is 2. The highest BCUT2D eigenvalue weighted by Crippen LogP contribution is 2.57. The number of carbonyl (C=O) groups excluding carboxylic acids is 1. The second-order valence-electron chi connectivity index (χ2n) is 8.10. The van der Waals surface area contributed by atoms with Gasteiger partial charge in [-0.05, 0) is 49.4 Å². The second kappa shape index (κ2) is 5.54. The van der Waals surface area contributed by atoms with Crippen LogP contribution in [0.1, 0.15) is 52.7 Å². The van der Waals surface area contributed by atoms with Crippen molar-refractivity contribution in [2.45, 2.75) is 43.3 Å². The maximum atomic E-state index is 15.2. The molecule has 0 saturated heterocycles. The van der Waals surface area contributed by atoms with Crippen molar-refractivity contribution in [1.82, 2.24) is 4.90 Å². The Morgan fingerprint density at radius 3 is 2.37 bits per heavy atom. The summed E-state index contributed by atoms with van der Waals surface area (Å²) in [4.78, 5) is 14.8. The third-order valence-electron chi connectivity index (χ3n) is 6.24. The first kappa shape index (κ1) is 16.7. The number of hydrogen-bond acceptors (Lipinski definition) is 2. The van der Waals surface area contributed by atoms with Crippen LogP contribution in [0.15, 0.2) is 36.4 Å². The number of hydrogen-bond donors (Lipinski definition) is 0. The first-order chi connectivity index (χ1) is 13.0. The third kappa shape index (κ3) is 2.55. The van der Waals surface area contributed by atoms with E-state index in [1.165, 1.54) is 6.07 Å². The summed E-state index contributed by atoms with van der Waals surface area (Å²) in [7, 11) is 1.61. The van der Waals surface area contributed by atoms with Crippen LogP contribution in [0.2, 0.25) is 0 Å². The molecular weight excluding hydrogens is 348 g/mol. The molecule has 2 fully saturated rings. The molecule has 1 aliphatic heterocycles. The van der Waals surface area contributed by atoms with Gasteiger partial charge >= 0.3 is 0 Å². The Labute approximate surface area is 156 Å². The molecular formula is C22H21F2NO2. The molecule has 0 aromatic heterocycles. The van der Waals surface area contributed by atoms with Gasteiger partial charge in [-0.1, -0.05) is 18.2 Å². The largest absolute Gasteiger partial charge is 0.497 e. The number of rotatable bonds is 4. The Hall–Kier alpha value is -2.43. The van der Waals surface area contributed by atoms with Gasteiger partial charge < -0.3 is 9.64 Å². The van der Waals surface area contributed by atoms with E-state index in [9.17, 15) is 9.18 Å². The van der Waals surface area contributed by atoms with Gasteiger partial charge in [-0.2, -0.15) is 0 Å². The minimum atomic E-state index is -1.53. The van der Waals surface area contributed by atoms with Crippen molar-refractivity contribution in [1.29, 1.82) is 0 Å². The van der Waals surface area contributed by atoms with E-state index in [0.29, 0.717) is 37.1 Å². The van der Waals surface area contributed by atoms with Gasteiger partial charge in [0.2, 0.25) is 0 Å². The van der Waals surface area contributed by atoms with Gasteiger partial charge in [-0.25, -0.2) is 8.78 Å². The number of ether oxygens (including phenoxy) is 1. The molecule has 1 spiro atoms. The summed E-state index contributed by atoms with van der Waals surface area (Å²) in [5, 5.41) is 0. The SMILES string of the molecule is COc1ccc(CN2CC3(CC3)c3c(ccc(C4(F)CC4)c3F)C2=O)cc1. The number of amides is 1. The summed E-state index contributed by atoms with van der Waals surface area (Å²) in [5.41, 5.74) is 0.127. The van der Waals surface area contributed by atoms with E-state index in [1.54, 1.807) is 18.1 Å². The number of carbonyl (C=O) groups is 1. The van der Waals surface area contributed by atoms with Gasteiger partial charge in [-0.15, -0.1) is 0 Å². The van der Waals surface area contributed by atoms with Crippen LogP contribution in [0.3, 0.4) is 0 Å². The highest BCUT2D eigenvalue weighted by atomic mass is 19.2. The number of benzene rings is 2. The molecule has 2 aromatic rings.